The number of hydrogen-bond acceptors (Lipinski definition) is 2. The van der Waals surface area contributed by atoms with E-state index in [0.717, 1.165) is 13.0 Å². The summed E-state index contributed by atoms with van der Waals surface area (Å²) in [5, 5.41) is 14.0. The third kappa shape index (κ3) is 9.07. The minimum absolute atomic E-state index is 0.409. The number of guanidine groups is 1. The number of nitriles is 1. The van der Waals surface area contributed by atoms with Crippen LogP contribution >= 0.6 is 0 Å². The highest BCUT2D eigenvalue weighted by Gasteiger charge is 2.08. The number of aliphatic imine (C=N–C) groups is 1. The highest BCUT2D eigenvalue weighted by atomic mass is 15.2. The van der Waals surface area contributed by atoms with Crippen LogP contribution in [0.4, 0.5) is 0 Å². The van der Waals surface area contributed by atoms with Crippen LogP contribution in [0.2, 0.25) is 0 Å². The Bertz CT molecular complexity index is 232. The van der Waals surface area contributed by atoms with Crippen LogP contribution in [0.1, 0.15) is 40.0 Å². The van der Waals surface area contributed by atoms with Crippen molar-refractivity contribution >= 4 is 5.96 Å². The number of unbranched alkanes of at least 4 members (excludes halogenated alkanes) is 1. The van der Waals surface area contributed by atoms with Crippen molar-refractivity contribution in [3.05, 3.63) is 0 Å². The molecule has 0 saturated heterocycles. The fourth-order valence-corrected chi connectivity index (χ4v) is 1.22. The molecule has 0 unspecified atom stereocenters. The molecule has 0 heterocycles. The summed E-state index contributed by atoms with van der Waals surface area (Å²) >= 11 is 0. The molecule has 4 nitrogen and oxygen atoms in total. The zero-order valence-electron chi connectivity index (χ0n) is 10.2. The molecule has 0 aromatic carbocycles. The van der Waals surface area contributed by atoms with Gasteiger partial charge in [0.1, 0.15) is 0 Å². The van der Waals surface area contributed by atoms with Crippen LogP contribution in [0.5, 0.6) is 0 Å². The van der Waals surface area contributed by atoms with Crippen LogP contribution in [-0.4, -0.2) is 19.6 Å². The summed E-state index contributed by atoms with van der Waals surface area (Å²) in [5.41, 5.74) is 0.409. The number of nitrogens with zero attached hydrogens (tertiary/aromatic N) is 2. The average Bonchev–Trinajstić information content (AvgIpc) is 2.14. The summed E-state index contributed by atoms with van der Waals surface area (Å²) < 4.78 is 0. The zero-order chi connectivity index (χ0) is 11.7. The standard InChI is InChI=1S/C11H22N4/c1-11(2,3)7-5-6-8-14-10(13-4)15-9-12/h5-8H2,1-4H3,(H2,13,14,15). The minimum Gasteiger partial charge on any atom is -0.356 e. The first-order valence-corrected chi connectivity index (χ1v) is 5.35. The van der Waals surface area contributed by atoms with Crippen molar-refractivity contribution in [2.24, 2.45) is 10.4 Å². The second-order valence-corrected chi connectivity index (χ2v) is 4.75. The van der Waals surface area contributed by atoms with E-state index in [9.17, 15) is 0 Å². The maximum Gasteiger partial charge on any atom is 0.204 e. The zero-order valence-corrected chi connectivity index (χ0v) is 10.2. The second kappa shape index (κ2) is 7.10. The SMILES string of the molecule is CN=C(NC#N)NCCCCC(C)(C)C. The molecule has 0 aromatic rings. The molecule has 0 amide bonds. The molecule has 15 heavy (non-hydrogen) atoms. The highest BCUT2D eigenvalue weighted by molar-refractivity contribution is 5.80. The van der Waals surface area contributed by atoms with Gasteiger partial charge in [0.25, 0.3) is 0 Å². The van der Waals surface area contributed by atoms with E-state index in [4.69, 9.17) is 5.26 Å². The predicted molar refractivity (Wildman–Crippen MR) is 63.4 cm³/mol. The van der Waals surface area contributed by atoms with Crippen molar-refractivity contribution in [2.45, 2.75) is 40.0 Å². The van der Waals surface area contributed by atoms with Crippen molar-refractivity contribution in [2.75, 3.05) is 13.6 Å². The molecule has 0 atom stereocenters. The number of hydrogen-bond donors (Lipinski definition) is 2. The van der Waals surface area contributed by atoms with Gasteiger partial charge in [-0.1, -0.05) is 27.2 Å². The van der Waals surface area contributed by atoms with E-state index in [-0.39, 0.29) is 0 Å². The van der Waals surface area contributed by atoms with E-state index >= 15 is 0 Å². The van der Waals surface area contributed by atoms with Crippen molar-refractivity contribution in [3.63, 3.8) is 0 Å². The van der Waals surface area contributed by atoms with Crippen LogP contribution in [0.15, 0.2) is 4.99 Å². The van der Waals surface area contributed by atoms with Gasteiger partial charge in [0, 0.05) is 13.6 Å². The largest absolute Gasteiger partial charge is 0.356 e. The Balaban J connectivity index is 3.51. The summed E-state index contributed by atoms with van der Waals surface area (Å²) in [5.74, 6) is 0.549. The Morgan fingerprint density at radius 1 is 1.33 bits per heavy atom. The van der Waals surface area contributed by atoms with Gasteiger partial charge in [0.15, 0.2) is 6.19 Å². The smallest absolute Gasteiger partial charge is 0.204 e. The van der Waals surface area contributed by atoms with Gasteiger partial charge in [-0.3, -0.25) is 10.3 Å². The predicted octanol–water partition coefficient (Wildman–Crippen LogP) is 1.85. The maximum atomic E-state index is 8.40. The monoisotopic (exact) mass is 210 g/mol. The molecule has 0 bridgehead atoms. The van der Waals surface area contributed by atoms with E-state index in [1.807, 2.05) is 6.19 Å². The van der Waals surface area contributed by atoms with Crippen LogP contribution in [0.25, 0.3) is 0 Å². The fourth-order valence-electron chi connectivity index (χ4n) is 1.22. The molecule has 4 heteroatoms. The van der Waals surface area contributed by atoms with Gasteiger partial charge in [-0.2, -0.15) is 5.26 Å². The molecule has 0 rings (SSSR count). The lowest BCUT2D eigenvalue weighted by molar-refractivity contribution is 0.360. The number of nitrogens with one attached hydrogen (secondary N) is 2. The Kier molecular flexibility index (Phi) is 6.52. The van der Waals surface area contributed by atoms with Crippen LogP contribution < -0.4 is 10.6 Å². The van der Waals surface area contributed by atoms with Gasteiger partial charge in [-0.05, 0) is 18.3 Å². The lowest BCUT2D eigenvalue weighted by atomic mass is 9.90. The molecule has 0 aliphatic rings. The fraction of sp³-hybridized carbons (Fsp3) is 0.818. The van der Waals surface area contributed by atoms with Gasteiger partial charge in [0.2, 0.25) is 5.96 Å². The maximum absolute atomic E-state index is 8.40. The molecule has 0 fully saturated rings. The van der Waals surface area contributed by atoms with Gasteiger partial charge in [-0.15, -0.1) is 0 Å². The first-order valence-electron chi connectivity index (χ1n) is 5.35. The topological polar surface area (TPSA) is 60.2 Å². The van der Waals surface area contributed by atoms with E-state index in [1.54, 1.807) is 7.05 Å². The first kappa shape index (κ1) is 13.8. The van der Waals surface area contributed by atoms with Crippen LogP contribution in [0, 0.1) is 16.9 Å². The van der Waals surface area contributed by atoms with Gasteiger partial charge >= 0.3 is 0 Å². The molecule has 0 radical (unpaired) electrons. The van der Waals surface area contributed by atoms with Gasteiger partial charge in [0.05, 0.1) is 0 Å². The summed E-state index contributed by atoms with van der Waals surface area (Å²) in [6.45, 7) is 7.60. The van der Waals surface area contributed by atoms with Crippen molar-refractivity contribution in [1.29, 1.82) is 5.26 Å². The molecule has 0 aliphatic heterocycles. The quantitative estimate of drug-likeness (QED) is 0.245. The van der Waals surface area contributed by atoms with Crippen molar-refractivity contribution in [1.82, 2.24) is 10.6 Å². The van der Waals surface area contributed by atoms with Crippen LogP contribution in [0.3, 0.4) is 0 Å². The van der Waals surface area contributed by atoms with Gasteiger partial charge in [-0.25, -0.2) is 0 Å². The summed E-state index contributed by atoms with van der Waals surface area (Å²) in [6.07, 6.45) is 5.36. The van der Waals surface area contributed by atoms with E-state index in [0.29, 0.717) is 11.4 Å². The lowest BCUT2D eigenvalue weighted by Crippen LogP contribution is -2.34. The molecular formula is C11H22N4. The molecule has 0 aromatic heterocycles. The Morgan fingerprint density at radius 2 is 2.00 bits per heavy atom. The first-order chi connectivity index (χ1) is 6.99. The summed E-state index contributed by atoms with van der Waals surface area (Å²) in [7, 11) is 1.65. The summed E-state index contributed by atoms with van der Waals surface area (Å²) in [4.78, 5) is 3.90. The lowest BCUT2D eigenvalue weighted by Gasteiger charge is -2.17. The summed E-state index contributed by atoms with van der Waals surface area (Å²) in [6, 6.07) is 0. The van der Waals surface area contributed by atoms with E-state index in [1.165, 1.54) is 12.8 Å². The third-order valence-electron chi connectivity index (χ3n) is 2.04. The van der Waals surface area contributed by atoms with E-state index < -0.39 is 0 Å². The average molecular weight is 210 g/mol. The minimum atomic E-state index is 0.409. The molecule has 0 saturated carbocycles. The Morgan fingerprint density at radius 3 is 2.47 bits per heavy atom. The third-order valence-corrected chi connectivity index (χ3v) is 2.04. The molecule has 86 valence electrons. The van der Waals surface area contributed by atoms with E-state index in [2.05, 4.69) is 36.4 Å². The van der Waals surface area contributed by atoms with Crippen LogP contribution in [-0.2, 0) is 0 Å². The highest BCUT2D eigenvalue weighted by Crippen LogP contribution is 2.20. The molecular weight excluding hydrogens is 188 g/mol. The Hall–Kier alpha value is -1.24. The molecule has 0 spiro atoms. The van der Waals surface area contributed by atoms with Gasteiger partial charge < -0.3 is 5.32 Å². The Labute approximate surface area is 92.8 Å². The number of rotatable bonds is 4. The molecule has 0 aliphatic carbocycles. The normalized spacial score (nSPS) is 12.1. The second-order valence-electron chi connectivity index (χ2n) is 4.75. The molecule has 2 N–H and O–H groups in total. The van der Waals surface area contributed by atoms with Crippen molar-refractivity contribution in [3.8, 4) is 6.19 Å². The van der Waals surface area contributed by atoms with Crippen molar-refractivity contribution < 1.29 is 0 Å².